The first-order valence-electron chi connectivity index (χ1n) is 4.95. The number of aliphatic hydroxyl groups excluding tert-OH is 1. The second-order valence-electron chi connectivity index (χ2n) is 3.30. The molecule has 0 aromatic heterocycles. The van der Waals surface area contributed by atoms with Gasteiger partial charge in [-0.2, -0.15) is 0 Å². The summed E-state index contributed by atoms with van der Waals surface area (Å²) >= 11 is 5.54. The van der Waals surface area contributed by atoms with E-state index in [-0.39, 0.29) is 6.61 Å². The zero-order chi connectivity index (χ0) is 12.0. The van der Waals surface area contributed by atoms with Gasteiger partial charge >= 0.3 is 6.09 Å². The summed E-state index contributed by atoms with van der Waals surface area (Å²) in [6.45, 7) is 0.254. The van der Waals surface area contributed by atoms with E-state index in [2.05, 4.69) is 0 Å². The Morgan fingerprint density at radius 2 is 2.19 bits per heavy atom. The minimum Gasteiger partial charge on any atom is -0.465 e. The third-order valence-electron chi connectivity index (χ3n) is 2.15. The SMILES string of the molecule is O=C(O)N(CCCCl)c1cccc(CO)c1. The zero-order valence-corrected chi connectivity index (χ0v) is 9.52. The van der Waals surface area contributed by atoms with Crippen LogP contribution in [0.3, 0.4) is 0 Å². The Balaban J connectivity index is 2.87. The molecule has 0 aliphatic heterocycles. The molecule has 16 heavy (non-hydrogen) atoms. The lowest BCUT2D eigenvalue weighted by atomic mass is 10.2. The van der Waals surface area contributed by atoms with Gasteiger partial charge in [0.1, 0.15) is 0 Å². The van der Waals surface area contributed by atoms with E-state index in [1.165, 1.54) is 4.90 Å². The first-order chi connectivity index (χ1) is 7.69. The molecule has 0 spiro atoms. The Morgan fingerprint density at radius 1 is 1.44 bits per heavy atom. The summed E-state index contributed by atoms with van der Waals surface area (Å²) in [4.78, 5) is 12.2. The molecule has 0 unspecified atom stereocenters. The van der Waals surface area contributed by atoms with Crippen LogP contribution in [0.2, 0.25) is 0 Å². The van der Waals surface area contributed by atoms with Crippen LogP contribution < -0.4 is 4.90 Å². The number of aliphatic hydroxyl groups is 1. The molecule has 0 heterocycles. The lowest BCUT2D eigenvalue weighted by Gasteiger charge is -2.19. The number of anilines is 1. The summed E-state index contributed by atoms with van der Waals surface area (Å²) in [7, 11) is 0. The van der Waals surface area contributed by atoms with E-state index in [4.69, 9.17) is 21.8 Å². The maximum atomic E-state index is 11.0. The molecule has 1 aromatic carbocycles. The van der Waals surface area contributed by atoms with Crippen LogP contribution in [-0.2, 0) is 6.61 Å². The van der Waals surface area contributed by atoms with Crippen molar-refractivity contribution in [2.45, 2.75) is 13.0 Å². The Labute approximate surface area is 99.1 Å². The van der Waals surface area contributed by atoms with Crippen molar-refractivity contribution in [2.75, 3.05) is 17.3 Å². The molecule has 5 heteroatoms. The Bertz CT molecular complexity index is 357. The number of hydrogen-bond acceptors (Lipinski definition) is 2. The van der Waals surface area contributed by atoms with E-state index in [0.29, 0.717) is 30.1 Å². The highest BCUT2D eigenvalue weighted by Crippen LogP contribution is 2.17. The molecule has 0 bridgehead atoms. The molecule has 1 amide bonds. The maximum Gasteiger partial charge on any atom is 0.411 e. The number of alkyl halides is 1. The molecule has 1 rings (SSSR count). The zero-order valence-electron chi connectivity index (χ0n) is 8.77. The van der Waals surface area contributed by atoms with Crippen LogP contribution in [0.25, 0.3) is 0 Å². The van der Waals surface area contributed by atoms with Crippen LogP contribution >= 0.6 is 11.6 Å². The molecule has 0 atom stereocenters. The number of carboxylic acid groups (broad SMARTS) is 1. The molecule has 0 radical (unpaired) electrons. The normalized spacial score (nSPS) is 10.1. The topological polar surface area (TPSA) is 60.8 Å². The fraction of sp³-hybridized carbons (Fsp3) is 0.364. The lowest BCUT2D eigenvalue weighted by molar-refractivity contribution is 0.202. The molecule has 0 fully saturated rings. The minimum atomic E-state index is -1.01. The van der Waals surface area contributed by atoms with Crippen molar-refractivity contribution < 1.29 is 15.0 Å². The maximum absolute atomic E-state index is 11.0. The van der Waals surface area contributed by atoms with Gasteiger partial charge in [-0.25, -0.2) is 4.79 Å². The number of rotatable bonds is 5. The van der Waals surface area contributed by atoms with Crippen LogP contribution in [-0.4, -0.2) is 28.7 Å². The van der Waals surface area contributed by atoms with Gasteiger partial charge in [0.2, 0.25) is 0 Å². The Kier molecular flexibility index (Phi) is 5.08. The number of halogens is 1. The van der Waals surface area contributed by atoms with Gasteiger partial charge in [0.15, 0.2) is 0 Å². The van der Waals surface area contributed by atoms with Crippen LogP contribution in [0.5, 0.6) is 0 Å². The van der Waals surface area contributed by atoms with Crippen molar-refractivity contribution in [2.24, 2.45) is 0 Å². The summed E-state index contributed by atoms with van der Waals surface area (Å²) < 4.78 is 0. The molecular formula is C11H14ClNO3. The Morgan fingerprint density at radius 3 is 2.75 bits per heavy atom. The average Bonchev–Trinajstić information content (AvgIpc) is 2.29. The number of amides is 1. The van der Waals surface area contributed by atoms with Gasteiger partial charge < -0.3 is 10.2 Å². The molecule has 0 saturated carbocycles. The lowest BCUT2D eigenvalue weighted by Crippen LogP contribution is -2.30. The fourth-order valence-electron chi connectivity index (χ4n) is 1.38. The number of benzene rings is 1. The van der Waals surface area contributed by atoms with Crippen LogP contribution in [0, 0.1) is 0 Å². The highest BCUT2D eigenvalue weighted by Gasteiger charge is 2.13. The predicted octanol–water partition coefficient (Wildman–Crippen LogP) is 2.29. The number of hydrogen-bond donors (Lipinski definition) is 2. The summed E-state index contributed by atoms with van der Waals surface area (Å²) in [5.41, 5.74) is 1.25. The van der Waals surface area contributed by atoms with Crippen LogP contribution in [0.15, 0.2) is 24.3 Å². The van der Waals surface area contributed by atoms with Crippen molar-refractivity contribution in [1.29, 1.82) is 0 Å². The second kappa shape index (κ2) is 6.35. The smallest absolute Gasteiger partial charge is 0.411 e. The number of nitrogens with zero attached hydrogens (tertiary/aromatic N) is 1. The van der Waals surface area contributed by atoms with Gasteiger partial charge in [0, 0.05) is 18.1 Å². The molecule has 0 aliphatic rings. The molecule has 4 nitrogen and oxygen atoms in total. The van der Waals surface area contributed by atoms with Gasteiger partial charge in [-0.15, -0.1) is 11.6 Å². The van der Waals surface area contributed by atoms with E-state index >= 15 is 0 Å². The minimum absolute atomic E-state index is 0.100. The average molecular weight is 244 g/mol. The van der Waals surface area contributed by atoms with Crippen LogP contribution in [0.1, 0.15) is 12.0 Å². The summed E-state index contributed by atoms with van der Waals surface area (Å²) in [6.07, 6.45) is -0.419. The van der Waals surface area contributed by atoms with Gasteiger partial charge in [-0.3, -0.25) is 4.90 Å². The van der Waals surface area contributed by atoms with E-state index in [1.807, 2.05) is 0 Å². The van der Waals surface area contributed by atoms with E-state index in [1.54, 1.807) is 24.3 Å². The van der Waals surface area contributed by atoms with Crippen molar-refractivity contribution in [1.82, 2.24) is 0 Å². The van der Waals surface area contributed by atoms with E-state index in [0.717, 1.165) is 0 Å². The van der Waals surface area contributed by atoms with E-state index in [9.17, 15) is 4.79 Å². The highest BCUT2D eigenvalue weighted by atomic mass is 35.5. The van der Waals surface area contributed by atoms with Crippen molar-refractivity contribution in [3.05, 3.63) is 29.8 Å². The first-order valence-corrected chi connectivity index (χ1v) is 5.48. The third-order valence-corrected chi connectivity index (χ3v) is 2.42. The first kappa shape index (κ1) is 12.8. The van der Waals surface area contributed by atoms with Gasteiger partial charge in [0.05, 0.1) is 6.61 Å². The van der Waals surface area contributed by atoms with Crippen LogP contribution in [0.4, 0.5) is 10.5 Å². The Hall–Kier alpha value is -1.26. The monoisotopic (exact) mass is 243 g/mol. The summed E-state index contributed by atoms with van der Waals surface area (Å²) in [6, 6.07) is 6.81. The largest absolute Gasteiger partial charge is 0.465 e. The standard InChI is InChI=1S/C11H14ClNO3/c12-5-2-6-13(11(15)16)10-4-1-3-9(7-10)8-14/h1,3-4,7,14H,2,5-6,8H2,(H,15,16). The molecule has 2 N–H and O–H groups in total. The number of carbonyl (C=O) groups is 1. The second-order valence-corrected chi connectivity index (χ2v) is 3.68. The fourth-order valence-corrected chi connectivity index (χ4v) is 1.50. The molecule has 1 aromatic rings. The van der Waals surface area contributed by atoms with Gasteiger partial charge in [-0.05, 0) is 24.1 Å². The molecule has 88 valence electrons. The van der Waals surface area contributed by atoms with Crippen molar-refractivity contribution in [3.8, 4) is 0 Å². The third kappa shape index (κ3) is 3.40. The van der Waals surface area contributed by atoms with Crippen molar-refractivity contribution >= 4 is 23.4 Å². The summed E-state index contributed by atoms with van der Waals surface area (Å²) in [5.74, 6) is 0.420. The quantitative estimate of drug-likeness (QED) is 0.780. The summed E-state index contributed by atoms with van der Waals surface area (Å²) in [5, 5.41) is 18.0. The van der Waals surface area contributed by atoms with E-state index < -0.39 is 6.09 Å². The molecule has 0 aliphatic carbocycles. The highest BCUT2D eigenvalue weighted by molar-refractivity contribution is 6.17. The predicted molar refractivity (Wildman–Crippen MR) is 63.1 cm³/mol. The molecule has 0 saturated heterocycles. The molecular weight excluding hydrogens is 230 g/mol. The van der Waals surface area contributed by atoms with Gasteiger partial charge in [-0.1, -0.05) is 12.1 Å². The van der Waals surface area contributed by atoms with Crippen molar-refractivity contribution in [3.63, 3.8) is 0 Å². The van der Waals surface area contributed by atoms with Gasteiger partial charge in [0.25, 0.3) is 0 Å².